The minimum absolute atomic E-state index is 0.195. The maximum absolute atomic E-state index is 11.7. The lowest BCUT2D eigenvalue weighted by atomic mass is 10.1. The van der Waals surface area contributed by atoms with Gasteiger partial charge in [0.05, 0.1) is 6.54 Å². The lowest BCUT2D eigenvalue weighted by molar-refractivity contribution is -0.129. The third-order valence-corrected chi connectivity index (χ3v) is 3.71. The van der Waals surface area contributed by atoms with E-state index in [4.69, 9.17) is 0 Å². The first-order chi connectivity index (χ1) is 9.11. The molecule has 2 rings (SSSR count). The van der Waals surface area contributed by atoms with E-state index in [1.54, 1.807) is 4.90 Å². The van der Waals surface area contributed by atoms with Crippen LogP contribution in [0, 0.1) is 6.92 Å². The van der Waals surface area contributed by atoms with E-state index in [1.807, 2.05) is 7.05 Å². The van der Waals surface area contributed by atoms with Crippen molar-refractivity contribution in [2.75, 3.05) is 38.1 Å². The molecule has 0 aliphatic carbocycles. The van der Waals surface area contributed by atoms with Gasteiger partial charge >= 0.3 is 0 Å². The second kappa shape index (κ2) is 6.06. The van der Waals surface area contributed by atoms with Gasteiger partial charge in [-0.2, -0.15) is 0 Å². The molecule has 4 heteroatoms. The smallest absolute Gasteiger partial charge is 0.241 e. The summed E-state index contributed by atoms with van der Waals surface area (Å²) in [6, 6.07) is 6.47. The molecule has 0 unspecified atom stereocenters. The minimum Gasteiger partial charge on any atom is -0.360 e. The van der Waals surface area contributed by atoms with E-state index in [0.717, 1.165) is 31.9 Å². The van der Waals surface area contributed by atoms with Crippen molar-refractivity contribution in [2.24, 2.45) is 0 Å². The summed E-state index contributed by atoms with van der Waals surface area (Å²) in [5.41, 5.74) is 3.76. The van der Waals surface area contributed by atoms with Crippen LogP contribution in [0.4, 0.5) is 5.69 Å². The maximum atomic E-state index is 11.7. The van der Waals surface area contributed by atoms with E-state index in [9.17, 15) is 4.79 Å². The monoisotopic (exact) mass is 261 g/mol. The first kappa shape index (κ1) is 13.9. The van der Waals surface area contributed by atoms with E-state index >= 15 is 0 Å². The number of rotatable bonds is 4. The van der Waals surface area contributed by atoms with Crippen LogP contribution >= 0.6 is 0 Å². The van der Waals surface area contributed by atoms with Crippen molar-refractivity contribution < 1.29 is 4.79 Å². The zero-order chi connectivity index (χ0) is 13.8. The van der Waals surface area contributed by atoms with Crippen LogP contribution in [0.25, 0.3) is 0 Å². The van der Waals surface area contributed by atoms with Crippen LogP contribution in [0.15, 0.2) is 18.2 Å². The Bertz CT molecular complexity index is 459. The van der Waals surface area contributed by atoms with Gasteiger partial charge in [-0.15, -0.1) is 0 Å². The first-order valence-corrected chi connectivity index (χ1v) is 6.91. The van der Waals surface area contributed by atoms with Crippen LogP contribution in [0.3, 0.4) is 0 Å². The fourth-order valence-electron chi connectivity index (χ4n) is 2.31. The molecule has 0 radical (unpaired) electrons. The lowest BCUT2D eigenvalue weighted by Crippen LogP contribution is -2.48. The molecule has 19 heavy (non-hydrogen) atoms. The number of carbonyl (C=O) groups excluding carboxylic acids is 1. The van der Waals surface area contributed by atoms with Crippen LogP contribution in [-0.2, 0) is 11.3 Å². The van der Waals surface area contributed by atoms with Crippen LogP contribution in [0.5, 0.6) is 0 Å². The number of hydrogen-bond acceptors (Lipinski definition) is 3. The highest BCUT2D eigenvalue weighted by atomic mass is 16.2. The Labute approximate surface area is 115 Å². The molecule has 4 nitrogen and oxygen atoms in total. The summed E-state index contributed by atoms with van der Waals surface area (Å²) in [7, 11) is 1.87. The van der Waals surface area contributed by atoms with Crippen molar-refractivity contribution in [2.45, 2.75) is 20.4 Å². The second-order valence-corrected chi connectivity index (χ2v) is 5.13. The summed E-state index contributed by atoms with van der Waals surface area (Å²) in [6.45, 7) is 8.33. The maximum Gasteiger partial charge on any atom is 0.241 e. The molecule has 0 spiro atoms. The van der Waals surface area contributed by atoms with E-state index in [-0.39, 0.29) is 5.91 Å². The number of nitrogens with zero attached hydrogens (tertiary/aromatic N) is 2. The molecule has 1 amide bonds. The Morgan fingerprint density at radius 2 is 2.11 bits per heavy atom. The van der Waals surface area contributed by atoms with Gasteiger partial charge in [0.2, 0.25) is 5.91 Å². The van der Waals surface area contributed by atoms with Crippen molar-refractivity contribution in [3.8, 4) is 0 Å². The quantitative estimate of drug-likeness (QED) is 0.889. The van der Waals surface area contributed by atoms with Crippen molar-refractivity contribution in [3.63, 3.8) is 0 Å². The standard InChI is InChI=1S/C15H23N3O/c1-4-16-10-13-5-6-14(9-12(13)2)18-8-7-17(3)15(19)11-18/h5-6,9,16H,4,7-8,10-11H2,1-3H3. The van der Waals surface area contributed by atoms with Crippen LogP contribution < -0.4 is 10.2 Å². The minimum atomic E-state index is 0.195. The van der Waals surface area contributed by atoms with Gasteiger partial charge in [-0.05, 0) is 36.7 Å². The third-order valence-electron chi connectivity index (χ3n) is 3.71. The van der Waals surface area contributed by atoms with Gasteiger partial charge in [0.15, 0.2) is 0 Å². The molecular formula is C15H23N3O. The summed E-state index contributed by atoms with van der Waals surface area (Å²) in [5.74, 6) is 0.195. The fraction of sp³-hybridized carbons (Fsp3) is 0.533. The summed E-state index contributed by atoms with van der Waals surface area (Å²) >= 11 is 0. The largest absolute Gasteiger partial charge is 0.360 e. The van der Waals surface area contributed by atoms with Gasteiger partial charge in [-0.1, -0.05) is 13.0 Å². The van der Waals surface area contributed by atoms with Gasteiger partial charge in [0, 0.05) is 32.4 Å². The SMILES string of the molecule is CCNCc1ccc(N2CCN(C)C(=O)C2)cc1C. The zero-order valence-corrected chi connectivity index (χ0v) is 12.1. The van der Waals surface area contributed by atoms with Gasteiger partial charge < -0.3 is 15.1 Å². The Morgan fingerprint density at radius 3 is 2.74 bits per heavy atom. The molecule has 0 atom stereocenters. The Kier molecular flexibility index (Phi) is 4.43. The van der Waals surface area contributed by atoms with E-state index in [2.05, 4.69) is 42.3 Å². The molecule has 1 fully saturated rings. The van der Waals surface area contributed by atoms with Gasteiger partial charge in [0.1, 0.15) is 0 Å². The summed E-state index contributed by atoms with van der Waals surface area (Å²) in [5, 5.41) is 3.34. The first-order valence-electron chi connectivity index (χ1n) is 6.91. The molecular weight excluding hydrogens is 238 g/mol. The van der Waals surface area contributed by atoms with Gasteiger partial charge in [0.25, 0.3) is 0 Å². The van der Waals surface area contributed by atoms with E-state index in [1.165, 1.54) is 11.1 Å². The Balaban J connectivity index is 2.09. The normalized spacial score (nSPS) is 16.1. The molecule has 0 saturated carbocycles. The fourth-order valence-corrected chi connectivity index (χ4v) is 2.31. The lowest BCUT2D eigenvalue weighted by Gasteiger charge is -2.33. The number of aryl methyl sites for hydroxylation is 1. The molecule has 0 aromatic heterocycles. The number of benzene rings is 1. The average molecular weight is 261 g/mol. The average Bonchev–Trinajstić information content (AvgIpc) is 2.40. The van der Waals surface area contributed by atoms with Crippen LogP contribution in [0.1, 0.15) is 18.1 Å². The van der Waals surface area contributed by atoms with Crippen molar-refractivity contribution in [1.29, 1.82) is 0 Å². The molecule has 1 aromatic carbocycles. The van der Waals surface area contributed by atoms with E-state index in [0.29, 0.717) is 6.54 Å². The number of anilines is 1. The third kappa shape index (κ3) is 3.26. The van der Waals surface area contributed by atoms with Crippen molar-refractivity contribution >= 4 is 11.6 Å². The number of piperazine rings is 1. The Hall–Kier alpha value is -1.55. The summed E-state index contributed by atoms with van der Waals surface area (Å²) in [6.07, 6.45) is 0. The van der Waals surface area contributed by atoms with Crippen LogP contribution in [-0.4, -0.2) is 44.0 Å². The van der Waals surface area contributed by atoms with Crippen molar-refractivity contribution in [1.82, 2.24) is 10.2 Å². The number of likely N-dealkylation sites (N-methyl/N-ethyl adjacent to an activating group) is 1. The predicted octanol–water partition coefficient (Wildman–Crippen LogP) is 1.38. The number of carbonyl (C=O) groups is 1. The Morgan fingerprint density at radius 1 is 1.32 bits per heavy atom. The zero-order valence-electron chi connectivity index (χ0n) is 12.1. The molecule has 1 heterocycles. The molecule has 1 aliphatic rings. The highest BCUT2D eigenvalue weighted by Crippen LogP contribution is 2.20. The second-order valence-electron chi connectivity index (χ2n) is 5.13. The predicted molar refractivity (Wildman–Crippen MR) is 78.4 cm³/mol. The highest BCUT2D eigenvalue weighted by Gasteiger charge is 2.21. The highest BCUT2D eigenvalue weighted by molar-refractivity contribution is 5.82. The summed E-state index contributed by atoms with van der Waals surface area (Å²) < 4.78 is 0. The van der Waals surface area contributed by atoms with Gasteiger partial charge in [-0.25, -0.2) is 0 Å². The molecule has 0 bridgehead atoms. The molecule has 104 valence electrons. The number of nitrogens with one attached hydrogen (secondary N) is 1. The van der Waals surface area contributed by atoms with E-state index < -0.39 is 0 Å². The van der Waals surface area contributed by atoms with Gasteiger partial charge in [-0.3, -0.25) is 4.79 Å². The molecule has 1 N–H and O–H groups in total. The molecule has 1 aromatic rings. The summed E-state index contributed by atoms with van der Waals surface area (Å²) in [4.78, 5) is 15.7. The molecule has 1 saturated heterocycles. The van der Waals surface area contributed by atoms with Crippen molar-refractivity contribution in [3.05, 3.63) is 29.3 Å². The number of hydrogen-bond donors (Lipinski definition) is 1. The topological polar surface area (TPSA) is 35.6 Å². The van der Waals surface area contributed by atoms with Crippen LogP contribution in [0.2, 0.25) is 0 Å². The molecule has 1 aliphatic heterocycles. The number of amides is 1.